The number of aliphatic hydroxyl groups excluding tert-OH is 1. The quantitative estimate of drug-likeness (QED) is 0.667. The largest absolute Gasteiger partial charge is 0.392 e. The lowest BCUT2D eigenvalue weighted by Crippen LogP contribution is -2.23. The molecule has 3 aromatic rings. The average molecular weight is 343 g/mol. The number of halogens is 2. The number of rotatable bonds is 5. The van der Waals surface area contributed by atoms with Gasteiger partial charge >= 0.3 is 0 Å². The van der Waals surface area contributed by atoms with Gasteiger partial charge in [-0.15, -0.1) is 0 Å². The predicted molar refractivity (Wildman–Crippen MR) is 87.5 cm³/mol. The van der Waals surface area contributed by atoms with Crippen LogP contribution in [0.5, 0.6) is 0 Å². The van der Waals surface area contributed by atoms with Crippen LogP contribution in [-0.2, 0) is 13.2 Å². The maximum absolute atomic E-state index is 14.0. The van der Waals surface area contributed by atoms with Gasteiger partial charge in [-0.25, -0.2) is 8.78 Å². The summed E-state index contributed by atoms with van der Waals surface area (Å²) in [5.41, 5.74) is 1.12. The highest BCUT2D eigenvalue weighted by Crippen LogP contribution is 2.27. The minimum Gasteiger partial charge on any atom is -0.392 e. The van der Waals surface area contributed by atoms with E-state index in [1.165, 1.54) is 12.3 Å². The fourth-order valence-corrected chi connectivity index (χ4v) is 2.54. The topological polar surface area (TPSA) is 78.0 Å². The molecule has 0 saturated heterocycles. The third-order valence-corrected chi connectivity index (χ3v) is 3.82. The van der Waals surface area contributed by atoms with Crippen molar-refractivity contribution in [3.8, 4) is 11.3 Å². The van der Waals surface area contributed by atoms with E-state index in [-0.39, 0.29) is 30.0 Å². The number of aromatic nitrogens is 2. The summed E-state index contributed by atoms with van der Waals surface area (Å²) in [5, 5.41) is 18.2. The second-order valence-corrected chi connectivity index (χ2v) is 5.36. The highest BCUT2D eigenvalue weighted by Gasteiger charge is 2.20. The van der Waals surface area contributed by atoms with E-state index in [0.717, 1.165) is 17.7 Å². The van der Waals surface area contributed by atoms with Gasteiger partial charge in [-0.1, -0.05) is 30.3 Å². The highest BCUT2D eigenvalue weighted by molar-refractivity contribution is 5.99. The van der Waals surface area contributed by atoms with Crippen LogP contribution in [0.2, 0.25) is 0 Å². The molecule has 0 aliphatic rings. The Morgan fingerprint density at radius 2 is 1.76 bits per heavy atom. The summed E-state index contributed by atoms with van der Waals surface area (Å²) < 4.78 is 27.9. The van der Waals surface area contributed by atoms with Gasteiger partial charge in [0.2, 0.25) is 0 Å². The van der Waals surface area contributed by atoms with E-state index < -0.39 is 17.5 Å². The van der Waals surface area contributed by atoms with Gasteiger partial charge in [-0.2, -0.15) is 5.10 Å². The minimum absolute atomic E-state index is 0.0245. The van der Waals surface area contributed by atoms with E-state index in [2.05, 4.69) is 15.5 Å². The first-order valence-electron chi connectivity index (χ1n) is 7.55. The molecule has 0 spiro atoms. The number of nitrogens with one attached hydrogen (secondary N) is 2. The summed E-state index contributed by atoms with van der Waals surface area (Å²) in [6.07, 6.45) is 1.22. The van der Waals surface area contributed by atoms with Gasteiger partial charge in [-0.05, 0) is 23.3 Å². The number of carbonyl (C=O) groups is 1. The van der Waals surface area contributed by atoms with Gasteiger partial charge in [0.25, 0.3) is 5.91 Å². The molecule has 1 amide bonds. The summed E-state index contributed by atoms with van der Waals surface area (Å²) >= 11 is 0. The molecule has 0 bridgehead atoms. The molecule has 7 heteroatoms. The Kier molecular flexibility index (Phi) is 4.85. The maximum atomic E-state index is 14.0. The van der Waals surface area contributed by atoms with Crippen molar-refractivity contribution in [2.75, 3.05) is 0 Å². The van der Waals surface area contributed by atoms with Crippen molar-refractivity contribution in [2.24, 2.45) is 0 Å². The number of aliphatic hydroxyl groups is 1. The van der Waals surface area contributed by atoms with E-state index in [9.17, 15) is 18.7 Å². The molecule has 128 valence electrons. The van der Waals surface area contributed by atoms with Crippen LogP contribution in [0, 0.1) is 11.6 Å². The van der Waals surface area contributed by atoms with Gasteiger partial charge in [-0.3, -0.25) is 9.89 Å². The Morgan fingerprint density at radius 1 is 1.08 bits per heavy atom. The summed E-state index contributed by atoms with van der Waals surface area (Å²) in [6.45, 7) is 0.0172. The molecule has 3 N–H and O–H groups in total. The molecule has 0 aliphatic heterocycles. The van der Waals surface area contributed by atoms with Crippen LogP contribution in [0.15, 0.2) is 48.7 Å². The third kappa shape index (κ3) is 3.41. The second-order valence-electron chi connectivity index (χ2n) is 5.36. The zero-order valence-corrected chi connectivity index (χ0v) is 13.1. The van der Waals surface area contributed by atoms with Gasteiger partial charge in [0.05, 0.1) is 29.6 Å². The Balaban J connectivity index is 1.84. The number of benzene rings is 2. The lowest BCUT2D eigenvalue weighted by atomic mass is 10.1. The number of amides is 1. The van der Waals surface area contributed by atoms with E-state index in [4.69, 9.17) is 0 Å². The molecule has 1 heterocycles. The first-order chi connectivity index (χ1) is 12.1. The normalized spacial score (nSPS) is 10.7. The molecule has 5 nitrogen and oxygen atoms in total. The fourth-order valence-electron chi connectivity index (χ4n) is 2.54. The highest BCUT2D eigenvalue weighted by atomic mass is 19.1. The zero-order valence-electron chi connectivity index (χ0n) is 13.1. The number of aromatic amines is 1. The molecule has 0 fully saturated rings. The standard InChI is InChI=1S/C18H15F2N3O2/c19-14-6-3-7-15(20)16(14)17-13(9-22-23-17)18(25)21-8-11-4-1-2-5-12(11)10-24/h1-7,9,24H,8,10H2,(H,21,25)(H,22,23). The molecule has 0 saturated carbocycles. The number of nitrogens with zero attached hydrogens (tertiary/aromatic N) is 1. The van der Waals surface area contributed by atoms with E-state index in [0.29, 0.717) is 5.56 Å². The van der Waals surface area contributed by atoms with E-state index in [1.807, 2.05) is 0 Å². The van der Waals surface area contributed by atoms with Gasteiger partial charge < -0.3 is 10.4 Å². The van der Waals surface area contributed by atoms with E-state index >= 15 is 0 Å². The Hall–Kier alpha value is -3.06. The Labute approximate surface area is 142 Å². The predicted octanol–water partition coefficient (Wildman–Crippen LogP) is 2.78. The smallest absolute Gasteiger partial charge is 0.255 e. The Bertz CT molecular complexity index is 889. The summed E-state index contributed by atoms with van der Waals surface area (Å²) in [4.78, 5) is 12.4. The molecule has 3 rings (SSSR count). The number of hydrogen-bond donors (Lipinski definition) is 3. The van der Waals surface area contributed by atoms with Crippen LogP contribution in [0.4, 0.5) is 8.78 Å². The van der Waals surface area contributed by atoms with Gasteiger partial charge in [0, 0.05) is 6.54 Å². The van der Waals surface area contributed by atoms with Crippen LogP contribution < -0.4 is 5.32 Å². The monoisotopic (exact) mass is 343 g/mol. The second kappa shape index (κ2) is 7.23. The van der Waals surface area contributed by atoms with Crippen LogP contribution >= 0.6 is 0 Å². The van der Waals surface area contributed by atoms with Crippen molar-refractivity contribution in [3.05, 3.63) is 77.0 Å². The van der Waals surface area contributed by atoms with Gasteiger partial charge in [0.15, 0.2) is 0 Å². The number of carbonyl (C=O) groups excluding carboxylic acids is 1. The lowest BCUT2D eigenvalue weighted by molar-refractivity contribution is 0.0951. The van der Waals surface area contributed by atoms with Crippen molar-refractivity contribution in [1.29, 1.82) is 0 Å². The van der Waals surface area contributed by atoms with Crippen molar-refractivity contribution < 1.29 is 18.7 Å². The SMILES string of the molecule is O=C(NCc1ccccc1CO)c1cn[nH]c1-c1c(F)cccc1F. The number of H-pyrrole nitrogens is 1. The Morgan fingerprint density at radius 3 is 2.44 bits per heavy atom. The molecule has 1 aromatic heterocycles. The van der Waals surface area contributed by atoms with Crippen LogP contribution in [0.3, 0.4) is 0 Å². The van der Waals surface area contributed by atoms with Crippen LogP contribution in [-0.4, -0.2) is 21.2 Å². The van der Waals surface area contributed by atoms with Crippen LogP contribution in [0.1, 0.15) is 21.5 Å². The van der Waals surface area contributed by atoms with Crippen molar-refractivity contribution in [1.82, 2.24) is 15.5 Å². The minimum atomic E-state index is -0.788. The fraction of sp³-hybridized carbons (Fsp3) is 0.111. The summed E-state index contributed by atoms with van der Waals surface area (Å²) in [7, 11) is 0. The lowest BCUT2D eigenvalue weighted by Gasteiger charge is -2.10. The molecule has 0 unspecified atom stereocenters. The first kappa shape index (κ1) is 16.8. The summed E-state index contributed by atoms with van der Waals surface area (Å²) in [6, 6.07) is 10.6. The van der Waals surface area contributed by atoms with Crippen molar-refractivity contribution in [3.63, 3.8) is 0 Å². The molecular weight excluding hydrogens is 328 g/mol. The maximum Gasteiger partial charge on any atom is 0.255 e. The zero-order chi connectivity index (χ0) is 17.8. The molecular formula is C18H15F2N3O2. The van der Waals surface area contributed by atoms with E-state index in [1.54, 1.807) is 24.3 Å². The van der Waals surface area contributed by atoms with Crippen LogP contribution in [0.25, 0.3) is 11.3 Å². The number of hydrogen-bond acceptors (Lipinski definition) is 3. The molecule has 0 aliphatic carbocycles. The third-order valence-electron chi connectivity index (χ3n) is 3.82. The average Bonchev–Trinajstić information content (AvgIpc) is 3.09. The molecule has 0 atom stereocenters. The van der Waals surface area contributed by atoms with Crippen molar-refractivity contribution >= 4 is 5.91 Å². The molecule has 0 radical (unpaired) electrons. The summed E-state index contributed by atoms with van der Waals surface area (Å²) in [5.74, 6) is -2.10. The molecule has 2 aromatic carbocycles. The molecule has 25 heavy (non-hydrogen) atoms. The van der Waals surface area contributed by atoms with Crippen molar-refractivity contribution in [2.45, 2.75) is 13.2 Å². The van der Waals surface area contributed by atoms with Gasteiger partial charge in [0.1, 0.15) is 11.6 Å². The first-order valence-corrected chi connectivity index (χ1v) is 7.55.